The minimum Gasteiger partial charge on any atom is -0.508 e. The van der Waals surface area contributed by atoms with Crippen LogP contribution in [0.1, 0.15) is 98.1 Å². The first-order chi connectivity index (χ1) is 36.6. The van der Waals surface area contributed by atoms with E-state index in [1.807, 2.05) is 0 Å². The molecule has 0 aliphatic carbocycles. The van der Waals surface area contributed by atoms with Gasteiger partial charge >= 0.3 is 11.9 Å². The number of rotatable bonds is 34. The highest BCUT2D eigenvalue weighted by Gasteiger charge is 2.37. The van der Waals surface area contributed by atoms with E-state index in [9.17, 15) is 78.6 Å². The maximum absolute atomic E-state index is 14.2. The standard InChI is InChI=1S/C52H80N10O16/c1-26(2)22-36(46(71)55-35(19-20-40(67)68)44(69)59-38(52(77)78)24-31-13-17-33(66)18-14-31)58-51(76)43(28(5)6)61-45(70)34(10-8-9-21-53)56-50(75)42(27(3)4)62-47(72)37(23-30-11-15-32(65)16-12-30)57-48(73)39(25-63)60-49(74)41(54)29(7)64/h11-18,26-29,34-39,41-43,63-66H,8-10,19-25,53-54H2,1-7H3,(H,55,71)(H,56,75)(H,57,73)(H,58,76)(H,59,69)(H,60,74)(H,61,70)(H,62,72)(H,67,68)(H,77,78). The van der Waals surface area contributed by atoms with Gasteiger partial charge < -0.3 is 84.6 Å². The van der Waals surface area contributed by atoms with Gasteiger partial charge in [-0.25, -0.2) is 4.79 Å². The molecule has 2 aromatic carbocycles. The Morgan fingerprint density at radius 3 is 1.31 bits per heavy atom. The molecule has 10 atom stereocenters. The van der Waals surface area contributed by atoms with Crippen molar-refractivity contribution in [2.75, 3.05) is 13.2 Å². The third-order valence-electron chi connectivity index (χ3n) is 12.3. The second kappa shape index (κ2) is 33.0. The van der Waals surface area contributed by atoms with E-state index in [1.165, 1.54) is 55.5 Å². The normalized spacial score (nSPS) is 15.2. The topological polar surface area (TPSA) is 440 Å². The summed E-state index contributed by atoms with van der Waals surface area (Å²) in [6.07, 6.45) is -2.11. The number of nitrogens with one attached hydrogen (secondary N) is 8. The second-order valence-corrected chi connectivity index (χ2v) is 20.2. The minimum atomic E-state index is -1.63. The molecule has 26 heteroatoms. The Bertz CT molecular complexity index is 2330. The first-order valence-electron chi connectivity index (χ1n) is 25.8. The molecule has 0 aromatic heterocycles. The van der Waals surface area contributed by atoms with Crippen LogP contribution in [0, 0.1) is 17.8 Å². The number of nitrogens with two attached hydrogens (primary N) is 2. The van der Waals surface area contributed by atoms with E-state index in [1.54, 1.807) is 41.5 Å². The van der Waals surface area contributed by atoms with Crippen LogP contribution < -0.4 is 54.0 Å². The minimum absolute atomic E-state index is 0.00232. The van der Waals surface area contributed by atoms with Crippen molar-refractivity contribution in [3.05, 3.63) is 59.7 Å². The van der Waals surface area contributed by atoms with E-state index >= 15 is 0 Å². The number of carboxylic acid groups (broad SMARTS) is 2. The Morgan fingerprint density at radius 1 is 0.487 bits per heavy atom. The number of amides is 8. The lowest BCUT2D eigenvalue weighted by Crippen LogP contribution is -2.62. The van der Waals surface area contributed by atoms with Gasteiger partial charge in [0.15, 0.2) is 0 Å². The number of hydrogen-bond acceptors (Lipinski definition) is 16. The van der Waals surface area contributed by atoms with E-state index < -0.39 is 151 Å². The number of carbonyl (C=O) groups is 10. The molecule has 0 aliphatic rings. The average Bonchev–Trinajstić information content (AvgIpc) is 3.36. The van der Waals surface area contributed by atoms with Crippen molar-refractivity contribution in [3.63, 3.8) is 0 Å². The lowest BCUT2D eigenvalue weighted by atomic mass is 9.98. The molecule has 434 valence electrons. The van der Waals surface area contributed by atoms with Gasteiger partial charge in [-0.05, 0) is 98.7 Å². The van der Waals surface area contributed by atoms with Gasteiger partial charge in [0, 0.05) is 19.3 Å². The largest absolute Gasteiger partial charge is 0.508 e. The molecular formula is C52H80N10O16. The second-order valence-electron chi connectivity index (χ2n) is 20.2. The van der Waals surface area contributed by atoms with Crippen LogP contribution in [-0.4, -0.2) is 163 Å². The van der Waals surface area contributed by atoms with Gasteiger partial charge in [-0.3, -0.25) is 43.2 Å². The number of carboxylic acids is 2. The maximum Gasteiger partial charge on any atom is 0.326 e. The first kappa shape index (κ1) is 66.7. The highest BCUT2D eigenvalue weighted by atomic mass is 16.4. The fraction of sp³-hybridized carbons (Fsp3) is 0.577. The monoisotopic (exact) mass is 1100 g/mol. The summed E-state index contributed by atoms with van der Waals surface area (Å²) in [6.45, 7) is 10.4. The van der Waals surface area contributed by atoms with Crippen LogP contribution in [0.5, 0.6) is 11.5 Å². The molecule has 0 bridgehead atoms. The van der Waals surface area contributed by atoms with Crippen LogP contribution in [0.15, 0.2) is 48.5 Å². The third kappa shape index (κ3) is 23.0. The quantitative estimate of drug-likeness (QED) is 0.0334. The van der Waals surface area contributed by atoms with Gasteiger partial charge in [-0.2, -0.15) is 0 Å². The van der Waals surface area contributed by atoms with E-state index in [4.69, 9.17) is 11.5 Å². The Kier molecular flexibility index (Phi) is 28.2. The summed E-state index contributed by atoms with van der Waals surface area (Å²) in [5.74, 6) is -11.8. The predicted octanol–water partition coefficient (Wildman–Crippen LogP) is -2.10. The van der Waals surface area contributed by atoms with Gasteiger partial charge in [-0.1, -0.05) is 65.8 Å². The third-order valence-corrected chi connectivity index (χ3v) is 12.3. The molecule has 26 nitrogen and oxygen atoms in total. The molecule has 0 fully saturated rings. The SMILES string of the molecule is CC(C)CC(NC(=O)C(NC(=O)C(CCCCN)NC(=O)C(NC(=O)C(Cc1ccc(O)cc1)NC(=O)C(CO)NC(=O)C(N)C(C)O)C(C)C)C(C)C)C(=O)NC(CCC(=O)O)C(=O)NC(Cc1ccc(O)cc1)C(=O)O. The van der Waals surface area contributed by atoms with Crippen molar-refractivity contribution in [3.8, 4) is 11.5 Å². The number of carbonyl (C=O) groups excluding carboxylic acids is 8. The van der Waals surface area contributed by atoms with Gasteiger partial charge in [0.05, 0.1) is 12.7 Å². The molecule has 0 aliphatic heterocycles. The zero-order chi connectivity index (χ0) is 59.0. The van der Waals surface area contributed by atoms with E-state index in [0.29, 0.717) is 24.0 Å². The number of benzene rings is 2. The summed E-state index contributed by atoms with van der Waals surface area (Å²) in [5, 5.41) is 78.7. The number of aliphatic carboxylic acids is 2. The van der Waals surface area contributed by atoms with Crippen LogP contribution in [0.2, 0.25) is 0 Å². The van der Waals surface area contributed by atoms with E-state index in [2.05, 4.69) is 42.5 Å². The molecular weight excluding hydrogens is 1020 g/mol. The van der Waals surface area contributed by atoms with Crippen LogP contribution in [-0.2, 0) is 60.8 Å². The number of aliphatic hydroxyl groups excluding tert-OH is 2. The molecule has 8 amide bonds. The number of phenolic OH excluding ortho intramolecular Hbond substituents is 2. The molecule has 78 heavy (non-hydrogen) atoms. The lowest BCUT2D eigenvalue weighted by Gasteiger charge is -2.30. The van der Waals surface area contributed by atoms with Gasteiger partial charge in [0.2, 0.25) is 47.3 Å². The fourth-order valence-electron chi connectivity index (χ4n) is 7.74. The summed E-state index contributed by atoms with van der Waals surface area (Å²) in [5.41, 5.74) is 12.3. The van der Waals surface area contributed by atoms with Gasteiger partial charge in [0.25, 0.3) is 0 Å². The molecule has 0 saturated carbocycles. The van der Waals surface area contributed by atoms with Crippen LogP contribution in [0.4, 0.5) is 0 Å². The fourth-order valence-corrected chi connectivity index (χ4v) is 7.74. The van der Waals surface area contributed by atoms with Crippen LogP contribution in [0.3, 0.4) is 0 Å². The Labute approximate surface area is 453 Å². The van der Waals surface area contributed by atoms with Crippen molar-refractivity contribution in [2.45, 2.75) is 160 Å². The van der Waals surface area contributed by atoms with Crippen LogP contribution in [0.25, 0.3) is 0 Å². The maximum atomic E-state index is 14.2. The number of aliphatic hydroxyl groups is 2. The molecule has 0 radical (unpaired) electrons. The zero-order valence-corrected chi connectivity index (χ0v) is 45.1. The van der Waals surface area contributed by atoms with Crippen molar-refractivity contribution < 1.29 is 78.6 Å². The average molecular weight is 1100 g/mol. The number of aromatic hydroxyl groups is 2. The Morgan fingerprint density at radius 2 is 0.872 bits per heavy atom. The Hall–Kier alpha value is -7.42. The number of hydrogen-bond donors (Lipinski definition) is 16. The van der Waals surface area contributed by atoms with Gasteiger partial charge in [0.1, 0.15) is 65.9 Å². The molecule has 0 saturated heterocycles. The van der Waals surface area contributed by atoms with E-state index in [-0.39, 0.29) is 49.6 Å². The highest BCUT2D eigenvalue weighted by molar-refractivity contribution is 5.98. The van der Waals surface area contributed by atoms with Crippen molar-refractivity contribution in [2.24, 2.45) is 29.2 Å². The highest BCUT2D eigenvalue weighted by Crippen LogP contribution is 2.16. The van der Waals surface area contributed by atoms with Crippen molar-refractivity contribution in [1.29, 1.82) is 0 Å². The van der Waals surface area contributed by atoms with Crippen LogP contribution >= 0.6 is 0 Å². The number of unbranched alkanes of at least 4 members (excludes halogenated alkanes) is 1. The molecule has 2 aromatic rings. The molecule has 0 spiro atoms. The summed E-state index contributed by atoms with van der Waals surface area (Å²) in [7, 11) is 0. The zero-order valence-electron chi connectivity index (χ0n) is 45.1. The lowest BCUT2D eigenvalue weighted by molar-refractivity contribution is -0.143. The first-order valence-corrected chi connectivity index (χ1v) is 25.8. The predicted molar refractivity (Wildman–Crippen MR) is 282 cm³/mol. The smallest absolute Gasteiger partial charge is 0.326 e. The summed E-state index contributed by atoms with van der Waals surface area (Å²) in [6, 6.07) is -1.92. The molecule has 18 N–H and O–H groups in total. The molecule has 2 rings (SSSR count). The van der Waals surface area contributed by atoms with Crippen molar-refractivity contribution in [1.82, 2.24) is 42.5 Å². The number of phenols is 2. The summed E-state index contributed by atoms with van der Waals surface area (Å²) >= 11 is 0. The summed E-state index contributed by atoms with van der Waals surface area (Å²) < 4.78 is 0. The van der Waals surface area contributed by atoms with Gasteiger partial charge in [-0.15, -0.1) is 0 Å². The van der Waals surface area contributed by atoms with Crippen molar-refractivity contribution >= 4 is 59.2 Å². The molecule has 0 heterocycles. The van der Waals surface area contributed by atoms with E-state index in [0.717, 1.165) is 0 Å². The molecule has 10 unspecified atom stereocenters. The summed E-state index contributed by atoms with van der Waals surface area (Å²) in [4.78, 5) is 134. The Balaban J connectivity index is 2.40.